The molecule has 0 bridgehead atoms. The topological polar surface area (TPSA) is 73.0 Å². The van der Waals surface area contributed by atoms with Gasteiger partial charge in [-0.1, -0.05) is 0 Å². The number of oxazole rings is 1. The maximum Gasteiger partial charge on any atom is 0.289 e. The van der Waals surface area contributed by atoms with E-state index in [1.165, 1.54) is 0 Å². The minimum atomic E-state index is -0.252. The predicted molar refractivity (Wildman–Crippen MR) is 74.5 cm³/mol. The largest absolute Gasteiger partial charge is 0.436 e. The zero-order valence-corrected chi connectivity index (χ0v) is 12.7. The Balaban J connectivity index is 2.21. The Morgan fingerprint density at radius 2 is 1.90 bits per heavy atom. The molecule has 0 aliphatic carbocycles. The Hall–Kier alpha value is -2.11. The van der Waals surface area contributed by atoms with Gasteiger partial charge in [0.05, 0.1) is 17.4 Å². The summed E-state index contributed by atoms with van der Waals surface area (Å²) in [5, 5.41) is 7.30. The van der Waals surface area contributed by atoms with Gasteiger partial charge < -0.3 is 9.73 Å². The lowest BCUT2D eigenvalue weighted by atomic mass is 10.1. The normalized spacial score (nSPS) is 12.5. The highest BCUT2D eigenvalue weighted by Crippen LogP contribution is 2.21. The standard InChI is InChI=1S/C14H20N4O2/c1-7(12-8(2)17-18(6)10(12)4)16-14(19)13-9(3)15-11(5)20-13/h7H,1-6H3,(H,16,19)/t7-/m0/s1. The third-order valence-corrected chi connectivity index (χ3v) is 3.46. The van der Waals surface area contributed by atoms with Gasteiger partial charge >= 0.3 is 0 Å². The summed E-state index contributed by atoms with van der Waals surface area (Å²) in [6.45, 7) is 9.35. The van der Waals surface area contributed by atoms with E-state index < -0.39 is 0 Å². The summed E-state index contributed by atoms with van der Waals surface area (Å²) in [4.78, 5) is 16.3. The quantitative estimate of drug-likeness (QED) is 0.932. The van der Waals surface area contributed by atoms with E-state index in [1.807, 2.05) is 32.5 Å². The maximum absolute atomic E-state index is 12.2. The molecule has 1 N–H and O–H groups in total. The summed E-state index contributed by atoms with van der Waals surface area (Å²) in [7, 11) is 1.89. The number of amides is 1. The molecule has 0 saturated carbocycles. The molecule has 0 aromatic carbocycles. The zero-order valence-electron chi connectivity index (χ0n) is 12.7. The molecule has 6 heteroatoms. The van der Waals surface area contributed by atoms with Gasteiger partial charge in [-0.15, -0.1) is 0 Å². The van der Waals surface area contributed by atoms with Crippen LogP contribution in [0.3, 0.4) is 0 Å². The molecule has 2 aromatic rings. The van der Waals surface area contributed by atoms with E-state index in [-0.39, 0.29) is 17.7 Å². The fraction of sp³-hybridized carbons (Fsp3) is 0.500. The second-order valence-corrected chi connectivity index (χ2v) is 5.05. The first-order valence-electron chi connectivity index (χ1n) is 6.56. The molecule has 2 rings (SSSR count). The van der Waals surface area contributed by atoms with E-state index in [9.17, 15) is 4.79 Å². The van der Waals surface area contributed by atoms with Crippen LogP contribution in [-0.4, -0.2) is 20.7 Å². The van der Waals surface area contributed by atoms with Crippen molar-refractivity contribution in [2.45, 2.75) is 40.7 Å². The highest BCUT2D eigenvalue weighted by atomic mass is 16.4. The highest BCUT2D eigenvalue weighted by Gasteiger charge is 2.22. The predicted octanol–water partition coefficient (Wildman–Crippen LogP) is 2.13. The van der Waals surface area contributed by atoms with Crippen molar-refractivity contribution < 1.29 is 9.21 Å². The Morgan fingerprint density at radius 3 is 2.35 bits per heavy atom. The van der Waals surface area contributed by atoms with Gasteiger partial charge in [0.25, 0.3) is 5.91 Å². The first-order chi connectivity index (χ1) is 9.31. The van der Waals surface area contributed by atoms with Crippen molar-refractivity contribution in [2.24, 2.45) is 7.05 Å². The Kier molecular flexibility index (Phi) is 3.65. The summed E-state index contributed by atoms with van der Waals surface area (Å²) < 4.78 is 7.15. The van der Waals surface area contributed by atoms with Gasteiger partial charge in [0, 0.05) is 25.2 Å². The van der Waals surface area contributed by atoms with Gasteiger partial charge in [-0.2, -0.15) is 5.10 Å². The number of aryl methyl sites for hydroxylation is 4. The number of rotatable bonds is 3. The van der Waals surface area contributed by atoms with Gasteiger partial charge in [0.1, 0.15) is 0 Å². The van der Waals surface area contributed by atoms with Crippen LogP contribution in [0.15, 0.2) is 4.42 Å². The van der Waals surface area contributed by atoms with Crippen molar-refractivity contribution in [3.63, 3.8) is 0 Å². The average Bonchev–Trinajstić information content (AvgIpc) is 2.79. The lowest BCUT2D eigenvalue weighted by Crippen LogP contribution is -2.27. The molecule has 0 aliphatic rings. The fourth-order valence-electron chi connectivity index (χ4n) is 2.49. The van der Waals surface area contributed by atoms with Crippen LogP contribution in [-0.2, 0) is 7.05 Å². The molecule has 6 nitrogen and oxygen atoms in total. The first kappa shape index (κ1) is 14.3. The Morgan fingerprint density at radius 1 is 1.25 bits per heavy atom. The number of carbonyl (C=O) groups excluding carboxylic acids is 1. The Bertz CT molecular complexity index is 654. The number of hydrogen-bond donors (Lipinski definition) is 1. The molecular formula is C14H20N4O2. The van der Waals surface area contributed by atoms with Crippen molar-refractivity contribution >= 4 is 5.91 Å². The number of nitrogens with zero attached hydrogens (tertiary/aromatic N) is 3. The SMILES string of the molecule is Cc1nc(C)c(C(=O)N[C@@H](C)c2c(C)nn(C)c2C)o1. The third kappa shape index (κ3) is 2.45. The lowest BCUT2D eigenvalue weighted by Gasteiger charge is -2.14. The molecule has 2 aromatic heterocycles. The van der Waals surface area contributed by atoms with E-state index in [0.717, 1.165) is 17.0 Å². The molecule has 0 spiro atoms. The molecule has 0 fully saturated rings. The zero-order chi connectivity index (χ0) is 15.0. The molecule has 0 saturated heterocycles. The average molecular weight is 276 g/mol. The second kappa shape index (κ2) is 5.11. The smallest absolute Gasteiger partial charge is 0.289 e. The van der Waals surface area contributed by atoms with E-state index in [4.69, 9.17) is 4.42 Å². The molecule has 1 amide bonds. The van der Waals surface area contributed by atoms with E-state index in [2.05, 4.69) is 15.4 Å². The highest BCUT2D eigenvalue weighted by molar-refractivity contribution is 5.92. The fourth-order valence-corrected chi connectivity index (χ4v) is 2.49. The Labute approximate surface area is 118 Å². The van der Waals surface area contributed by atoms with Gasteiger partial charge in [-0.05, 0) is 27.7 Å². The molecular weight excluding hydrogens is 256 g/mol. The van der Waals surface area contributed by atoms with Crippen molar-refractivity contribution in [3.8, 4) is 0 Å². The summed E-state index contributed by atoms with van der Waals surface area (Å²) in [5.41, 5.74) is 3.60. The number of nitrogens with one attached hydrogen (secondary N) is 1. The van der Waals surface area contributed by atoms with E-state index >= 15 is 0 Å². The van der Waals surface area contributed by atoms with Crippen LogP contribution in [0.25, 0.3) is 0 Å². The molecule has 20 heavy (non-hydrogen) atoms. The lowest BCUT2D eigenvalue weighted by molar-refractivity contribution is 0.0909. The molecule has 0 aliphatic heterocycles. The van der Waals surface area contributed by atoms with Crippen LogP contribution in [0.4, 0.5) is 0 Å². The summed E-state index contributed by atoms with van der Waals surface area (Å²) in [5.74, 6) is 0.515. The minimum absolute atomic E-state index is 0.138. The van der Waals surface area contributed by atoms with Gasteiger partial charge in [0.15, 0.2) is 5.89 Å². The molecule has 0 radical (unpaired) electrons. The number of aromatic nitrogens is 3. The molecule has 1 atom stereocenters. The number of hydrogen-bond acceptors (Lipinski definition) is 4. The van der Waals surface area contributed by atoms with Crippen molar-refractivity contribution in [1.29, 1.82) is 0 Å². The monoisotopic (exact) mass is 276 g/mol. The maximum atomic E-state index is 12.2. The molecule has 0 unspecified atom stereocenters. The van der Waals surface area contributed by atoms with Crippen LogP contribution >= 0.6 is 0 Å². The van der Waals surface area contributed by atoms with Crippen LogP contribution < -0.4 is 5.32 Å². The number of carbonyl (C=O) groups is 1. The van der Waals surface area contributed by atoms with Crippen LogP contribution in [0.5, 0.6) is 0 Å². The summed E-state index contributed by atoms with van der Waals surface area (Å²) in [6, 6.07) is -0.138. The van der Waals surface area contributed by atoms with Crippen molar-refractivity contribution in [3.05, 3.63) is 34.3 Å². The van der Waals surface area contributed by atoms with Gasteiger partial charge in [-0.3, -0.25) is 9.48 Å². The summed E-state index contributed by atoms with van der Waals surface area (Å²) >= 11 is 0. The van der Waals surface area contributed by atoms with Gasteiger partial charge in [0.2, 0.25) is 5.76 Å². The van der Waals surface area contributed by atoms with Crippen molar-refractivity contribution in [2.75, 3.05) is 0 Å². The van der Waals surface area contributed by atoms with E-state index in [0.29, 0.717) is 11.6 Å². The first-order valence-corrected chi connectivity index (χ1v) is 6.56. The minimum Gasteiger partial charge on any atom is -0.436 e. The van der Waals surface area contributed by atoms with Crippen LogP contribution in [0.1, 0.15) is 52.1 Å². The van der Waals surface area contributed by atoms with E-state index in [1.54, 1.807) is 13.8 Å². The third-order valence-electron chi connectivity index (χ3n) is 3.46. The summed E-state index contributed by atoms with van der Waals surface area (Å²) in [6.07, 6.45) is 0. The molecule has 2 heterocycles. The second-order valence-electron chi connectivity index (χ2n) is 5.05. The van der Waals surface area contributed by atoms with Gasteiger partial charge in [-0.25, -0.2) is 4.98 Å². The van der Waals surface area contributed by atoms with Crippen LogP contribution in [0.2, 0.25) is 0 Å². The van der Waals surface area contributed by atoms with Crippen molar-refractivity contribution in [1.82, 2.24) is 20.1 Å². The molecule has 108 valence electrons. The van der Waals surface area contributed by atoms with Crippen LogP contribution in [0, 0.1) is 27.7 Å².